The highest BCUT2D eigenvalue weighted by Gasteiger charge is 2.09. The van der Waals surface area contributed by atoms with Crippen LogP contribution < -0.4 is 0 Å². The predicted molar refractivity (Wildman–Crippen MR) is 91.6 cm³/mol. The van der Waals surface area contributed by atoms with Crippen molar-refractivity contribution in [2.75, 3.05) is 0 Å². The maximum Gasteiger partial charge on any atom is 0.306 e. The SMILES string of the molecule is CCCCCCCC/C=C/CCCCCCC(C)C(=O)O. The maximum atomic E-state index is 10.7. The van der Waals surface area contributed by atoms with E-state index in [2.05, 4.69) is 19.1 Å². The number of carboxylic acid groups (broad SMARTS) is 1. The first kappa shape index (κ1) is 20.2. The zero-order chi connectivity index (χ0) is 15.8. The molecule has 0 aliphatic carbocycles. The molecule has 0 aromatic heterocycles. The number of carboxylic acids is 1. The van der Waals surface area contributed by atoms with E-state index in [1.807, 2.05) is 0 Å². The second-order valence-corrected chi connectivity index (χ2v) is 6.26. The molecule has 2 heteroatoms. The average Bonchev–Trinajstić information content (AvgIpc) is 2.47. The van der Waals surface area contributed by atoms with Gasteiger partial charge in [-0.05, 0) is 32.1 Å². The van der Waals surface area contributed by atoms with E-state index >= 15 is 0 Å². The number of rotatable bonds is 15. The fourth-order valence-corrected chi connectivity index (χ4v) is 2.47. The van der Waals surface area contributed by atoms with Gasteiger partial charge in [-0.2, -0.15) is 0 Å². The molecular weight excluding hydrogens is 260 g/mol. The van der Waals surface area contributed by atoms with Crippen molar-refractivity contribution in [3.63, 3.8) is 0 Å². The standard InChI is InChI=1S/C19H36O2/c1-3-4-5-6-7-8-9-10-11-12-13-14-15-16-17-18(2)19(20)21/h10-11,18H,3-9,12-17H2,1-2H3,(H,20,21)/b11-10+. The molecule has 0 rings (SSSR count). The number of carbonyl (C=O) groups is 1. The van der Waals surface area contributed by atoms with Crippen LogP contribution in [0.5, 0.6) is 0 Å². The van der Waals surface area contributed by atoms with E-state index in [1.54, 1.807) is 6.92 Å². The van der Waals surface area contributed by atoms with Crippen molar-refractivity contribution in [2.45, 2.75) is 97.3 Å². The summed E-state index contributed by atoms with van der Waals surface area (Å²) in [5, 5.41) is 8.78. The second-order valence-electron chi connectivity index (χ2n) is 6.26. The largest absolute Gasteiger partial charge is 0.481 e. The molecule has 2 nitrogen and oxygen atoms in total. The van der Waals surface area contributed by atoms with E-state index < -0.39 is 5.97 Å². The molecule has 124 valence electrons. The van der Waals surface area contributed by atoms with Crippen molar-refractivity contribution in [1.82, 2.24) is 0 Å². The van der Waals surface area contributed by atoms with Gasteiger partial charge in [0.15, 0.2) is 0 Å². The minimum absolute atomic E-state index is 0.178. The zero-order valence-corrected chi connectivity index (χ0v) is 14.3. The van der Waals surface area contributed by atoms with Crippen LogP contribution in [-0.2, 0) is 4.79 Å². The summed E-state index contributed by atoms with van der Waals surface area (Å²) in [5.41, 5.74) is 0. The van der Waals surface area contributed by atoms with Gasteiger partial charge >= 0.3 is 5.97 Å². The number of aliphatic carboxylic acids is 1. The van der Waals surface area contributed by atoms with Crippen LogP contribution in [-0.4, -0.2) is 11.1 Å². The molecule has 1 unspecified atom stereocenters. The minimum Gasteiger partial charge on any atom is -0.481 e. The van der Waals surface area contributed by atoms with Gasteiger partial charge in [0.2, 0.25) is 0 Å². The molecule has 0 aromatic rings. The van der Waals surface area contributed by atoms with Gasteiger partial charge in [-0.15, -0.1) is 0 Å². The lowest BCUT2D eigenvalue weighted by Crippen LogP contribution is -2.08. The van der Waals surface area contributed by atoms with E-state index in [0.29, 0.717) is 0 Å². The Balaban J connectivity index is 3.17. The van der Waals surface area contributed by atoms with Crippen LogP contribution in [0.15, 0.2) is 12.2 Å². The smallest absolute Gasteiger partial charge is 0.306 e. The third kappa shape index (κ3) is 15.4. The summed E-state index contributed by atoms with van der Waals surface area (Å²) >= 11 is 0. The topological polar surface area (TPSA) is 37.3 Å². The Morgan fingerprint density at radius 1 is 0.857 bits per heavy atom. The summed E-state index contributed by atoms with van der Waals surface area (Å²) in [7, 11) is 0. The van der Waals surface area contributed by atoms with Gasteiger partial charge in [-0.25, -0.2) is 0 Å². The molecule has 0 saturated heterocycles. The molecule has 0 saturated carbocycles. The Hall–Kier alpha value is -0.790. The molecule has 0 heterocycles. The van der Waals surface area contributed by atoms with Crippen LogP contribution in [0, 0.1) is 5.92 Å². The van der Waals surface area contributed by atoms with Crippen molar-refractivity contribution < 1.29 is 9.90 Å². The van der Waals surface area contributed by atoms with Gasteiger partial charge in [0.1, 0.15) is 0 Å². The second kappa shape index (κ2) is 15.6. The van der Waals surface area contributed by atoms with E-state index in [0.717, 1.165) is 12.8 Å². The van der Waals surface area contributed by atoms with Gasteiger partial charge in [-0.1, -0.05) is 77.4 Å². The van der Waals surface area contributed by atoms with E-state index in [4.69, 9.17) is 5.11 Å². The molecule has 1 N–H and O–H groups in total. The number of allylic oxidation sites excluding steroid dienone is 2. The summed E-state index contributed by atoms with van der Waals surface area (Å²) in [5.74, 6) is -0.838. The van der Waals surface area contributed by atoms with Gasteiger partial charge in [0.05, 0.1) is 5.92 Å². The quantitative estimate of drug-likeness (QED) is 0.282. The fourth-order valence-electron chi connectivity index (χ4n) is 2.47. The van der Waals surface area contributed by atoms with Crippen molar-refractivity contribution in [3.05, 3.63) is 12.2 Å². The van der Waals surface area contributed by atoms with Gasteiger partial charge < -0.3 is 5.11 Å². The monoisotopic (exact) mass is 296 g/mol. The van der Waals surface area contributed by atoms with Crippen molar-refractivity contribution in [1.29, 1.82) is 0 Å². The van der Waals surface area contributed by atoms with Crippen LogP contribution in [0.3, 0.4) is 0 Å². The van der Waals surface area contributed by atoms with E-state index in [1.165, 1.54) is 70.6 Å². The summed E-state index contributed by atoms with van der Waals surface area (Å²) in [6.07, 6.45) is 20.8. The first-order valence-electron chi connectivity index (χ1n) is 9.06. The van der Waals surface area contributed by atoms with Crippen molar-refractivity contribution in [2.24, 2.45) is 5.92 Å². The molecule has 21 heavy (non-hydrogen) atoms. The van der Waals surface area contributed by atoms with Crippen molar-refractivity contribution >= 4 is 5.97 Å². The highest BCUT2D eigenvalue weighted by Crippen LogP contribution is 2.12. The Bertz CT molecular complexity index is 258. The number of hydrogen-bond donors (Lipinski definition) is 1. The molecular formula is C19H36O2. The fraction of sp³-hybridized carbons (Fsp3) is 0.842. The van der Waals surface area contributed by atoms with Crippen LogP contribution in [0.2, 0.25) is 0 Å². The third-order valence-corrected chi connectivity index (χ3v) is 4.07. The van der Waals surface area contributed by atoms with Crippen LogP contribution in [0.1, 0.15) is 97.3 Å². The first-order valence-corrected chi connectivity index (χ1v) is 9.06. The average molecular weight is 296 g/mol. The molecule has 0 bridgehead atoms. The molecule has 0 radical (unpaired) electrons. The molecule has 0 amide bonds. The van der Waals surface area contributed by atoms with Crippen molar-refractivity contribution in [3.8, 4) is 0 Å². The zero-order valence-electron chi connectivity index (χ0n) is 14.3. The van der Waals surface area contributed by atoms with Crippen LogP contribution in [0.25, 0.3) is 0 Å². The highest BCUT2D eigenvalue weighted by molar-refractivity contribution is 5.69. The molecule has 0 aliphatic rings. The normalized spacial score (nSPS) is 12.9. The van der Waals surface area contributed by atoms with Crippen LogP contribution in [0.4, 0.5) is 0 Å². The molecule has 0 aliphatic heterocycles. The lowest BCUT2D eigenvalue weighted by atomic mass is 10.0. The van der Waals surface area contributed by atoms with Crippen LogP contribution >= 0.6 is 0 Å². The lowest BCUT2D eigenvalue weighted by molar-refractivity contribution is -0.141. The number of unbranched alkanes of at least 4 members (excludes halogenated alkanes) is 10. The summed E-state index contributed by atoms with van der Waals surface area (Å²) in [6.45, 7) is 4.06. The Morgan fingerprint density at radius 3 is 1.86 bits per heavy atom. The molecule has 0 aromatic carbocycles. The third-order valence-electron chi connectivity index (χ3n) is 4.07. The molecule has 1 atom stereocenters. The summed E-state index contributed by atoms with van der Waals surface area (Å²) in [6, 6.07) is 0. The molecule has 0 spiro atoms. The Labute approximate surface area is 132 Å². The summed E-state index contributed by atoms with van der Waals surface area (Å²) < 4.78 is 0. The summed E-state index contributed by atoms with van der Waals surface area (Å²) in [4.78, 5) is 10.7. The number of hydrogen-bond acceptors (Lipinski definition) is 1. The maximum absolute atomic E-state index is 10.7. The molecule has 0 fully saturated rings. The first-order chi connectivity index (χ1) is 10.2. The van der Waals surface area contributed by atoms with E-state index in [9.17, 15) is 4.79 Å². The highest BCUT2D eigenvalue weighted by atomic mass is 16.4. The lowest BCUT2D eigenvalue weighted by Gasteiger charge is -2.04. The Kier molecular flexibility index (Phi) is 15.0. The van der Waals surface area contributed by atoms with Gasteiger partial charge in [-0.3, -0.25) is 4.79 Å². The Morgan fingerprint density at radius 2 is 1.33 bits per heavy atom. The van der Waals surface area contributed by atoms with Gasteiger partial charge in [0, 0.05) is 0 Å². The van der Waals surface area contributed by atoms with Gasteiger partial charge in [0.25, 0.3) is 0 Å². The van der Waals surface area contributed by atoms with E-state index in [-0.39, 0.29) is 5.92 Å². The predicted octanol–water partition coefficient (Wildman–Crippen LogP) is 6.35. The minimum atomic E-state index is -0.660.